The molecule has 0 spiro atoms. The summed E-state index contributed by atoms with van der Waals surface area (Å²) in [5.41, 5.74) is 0.681. The van der Waals surface area contributed by atoms with E-state index in [2.05, 4.69) is 15.3 Å². The first-order valence-electron chi connectivity index (χ1n) is 5.16. The van der Waals surface area contributed by atoms with E-state index in [0.29, 0.717) is 12.2 Å². The summed E-state index contributed by atoms with van der Waals surface area (Å²) >= 11 is 0. The summed E-state index contributed by atoms with van der Waals surface area (Å²) in [6, 6.07) is 0. The van der Waals surface area contributed by atoms with E-state index in [1.54, 1.807) is 13.2 Å². The molecule has 0 aliphatic rings. The molecule has 1 N–H and O–H groups in total. The van der Waals surface area contributed by atoms with E-state index < -0.39 is 12.6 Å². The van der Waals surface area contributed by atoms with Crippen LogP contribution in [0.4, 0.5) is 13.2 Å². The second kappa shape index (κ2) is 6.39. The molecule has 0 saturated carbocycles. The number of rotatable bonds is 6. The fourth-order valence-corrected chi connectivity index (χ4v) is 1.17. The first-order valence-corrected chi connectivity index (χ1v) is 5.16. The van der Waals surface area contributed by atoms with Gasteiger partial charge in [-0.3, -0.25) is 4.98 Å². The highest BCUT2D eigenvalue weighted by Gasteiger charge is 2.26. The van der Waals surface area contributed by atoms with Crippen molar-refractivity contribution in [3.05, 3.63) is 18.1 Å². The van der Waals surface area contributed by atoms with E-state index in [1.165, 1.54) is 6.20 Å². The largest absolute Gasteiger partial charge is 0.477 e. The van der Waals surface area contributed by atoms with Crippen LogP contribution in [-0.4, -0.2) is 29.8 Å². The molecule has 0 radical (unpaired) electrons. The number of alkyl halides is 3. The van der Waals surface area contributed by atoms with E-state index >= 15 is 0 Å². The number of nitrogens with zero attached hydrogens (tertiary/aromatic N) is 2. The van der Waals surface area contributed by atoms with Crippen LogP contribution in [0.5, 0.6) is 5.88 Å². The summed E-state index contributed by atoms with van der Waals surface area (Å²) in [5.74, 6) is 0.250. The molecule has 0 saturated heterocycles. The van der Waals surface area contributed by atoms with Gasteiger partial charge in [0.05, 0.1) is 18.5 Å². The third-order valence-electron chi connectivity index (χ3n) is 1.87. The molecule has 0 aromatic carbocycles. The molecule has 17 heavy (non-hydrogen) atoms. The number of hydrogen-bond donors (Lipinski definition) is 1. The van der Waals surface area contributed by atoms with E-state index in [-0.39, 0.29) is 18.9 Å². The predicted molar refractivity (Wildman–Crippen MR) is 55.6 cm³/mol. The van der Waals surface area contributed by atoms with Crippen molar-refractivity contribution in [2.75, 3.05) is 13.7 Å². The van der Waals surface area contributed by atoms with Crippen molar-refractivity contribution in [3.63, 3.8) is 0 Å². The number of ether oxygens (including phenoxy) is 1. The molecule has 0 bridgehead atoms. The molecule has 96 valence electrons. The maximum Gasteiger partial charge on any atom is 0.389 e. The van der Waals surface area contributed by atoms with Gasteiger partial charge in [0.1, 0.15) is 0 Å². The van der Waals surface area contributed by atoms with Gasteiger partial charge in [0.2, 0.25) is 5.88 Å². The molecule has 0 aliphatic carbocycles. The van der Waals surface area contributed by atoms with Crippen molar-refractivity contribution in [2.24, 2.45) is 0 Å². The van der Waals surface area contributed by atoms with Gasteiger partial charge in [-0.2, -0.15) is 13.2 Å². The molecule has 1 aromatic rings. The SMILES string of the molecule is CNCc1cncc(OCCCC(F)(F)F)n1. The molecule has 0 aliphatic heterocycles. The van der Waals surface area contributed by atoms with Crippen LogP contribution in [0.15, 0.2) is 12.4 Å². The van der Waals surface area contributed by atoms with Crippen molar-refractivity contribution >= 4 is 0 Å². The molecule has 0 unspecified atom stereocenters. The third kappa shape index (κ3) is 6.06. The van der Waals surface area contributed by atoms with Crippen LogP contribution >= 0.6 is 0 Å². The van der Waals surface area contributed by atoms with Crippen LogP contribution in [0, 0.1) is 0 Å². The quantitative estimate of drug-likeness (QED) is 0.782. The van der Waals surface area contributed by atoms with Crippen molar-refractivity contribution in [3.8, 4) is 5.88 Å². The maximum atomic E-state index is 11.9. The lowest BCUT2D eigenvalue weighted by atomic mass is 10.3. The molecule has 1 aromatic heterocycles. The lowest BCUT2D eigenvalue weighted by molar-refractivity contribution is -0.136. The Labute approximate surface area is 97.2 Å². The van der Waals surface area contributed by atoms with Gasteiger partial charge in [0, 0.05) is 19.2 Å². The zero-order valence-corrected chi connectivity index (χ0v) is 9.42. The summed E-state index contributed by atoms with van der Waals surface area (Å²) in [4.78, 5) is 7.95. The van der Waals surface area contributed by atoms with Crippen LogP contribution in [0.1, 0.15) is 18.5 Å². The number of nitrogens with one attached hydrogen (secondary N) is 1. The van der Waals surface area contributed by atoms with Gasteiger partial charge >= 0.3 is 6.18 Å². The molecule has 1 heterocycles. The van der Waals surface area contributed by atoms with Gasteiger partial charge in [-0.15, -0.1) is 0 Å². The monoisotopic (exact) mass is 249 g/mol. The Balaban J connectivity index is 2.34. The Morgan fingerprint density at radius 3 is 2.76 bits per heavy atom. The van der Waals surface area contributed by atoms with Crippen molar-refractivity contribution in [2.45, 2.75) is 25.6 Å². The fraction of sp³-hybridized carbons (Fsp3) is 0.600. The van der Waals surface area contributed by atoms with E-state index in [4.69, 9.17) is 4.74 Å². The van der Waals surface area contributed by atoms with Gasteiger partial charge < -0.3 is 10.1 Å². The van der Waals surface area contributed by atoms with Crippen molar-refractivity contribution in [1.29, 1.82) is 0 Å². The number of hydrogen-bond acceptors (Lipinski definition) is 4. The molecular formula is C10H14F3N3O. The van der Waals surface area contributed by atoms with Crippen molar-refractivity contribution < 1.29 is 17.9 Å². The first kappa shape index (κ1) is 13.7. The lowest BCUT2D eigenvalue weighted by Crippen LogP contribution is -2.11. The Morgan fingerprint density at radius 1 is 1.35 bits per heavy atom. The highest BCUT2D eigenvalue weighted by Crippen LogP contribution is 2.21. The first-order chi connectivity index (χ1) is 8.01. The second-order valence-corrected chi connectivity index (χ2v) is 3.45. The molecule has 0 amide bonds. The van der Waals surface area contributed by atoms with Gasteiger partial charge in [-0.1, -0.05) is 0 Å². The smallest absolute Gasteiger partial charge is 0.389 e. The summed E-state index contributed by atoms with van der Waals surface area (Å²) < 4.78 is 40.6. The minimum atomic E-state index is -4.14. The Hall–Kier alpha value is -1.37. The zero-order valence-electron chi connectivity index (χ0n) is 9.42. The number of halogens is 3. The van der Waals surface area contributed by atoms with E-state index in [9.17, 15) is 13.2 Å². The topological polar surface area (TPSA) is 47.0 Å². The minimum absolute atomic E-state index is 0.0167. The minimum Gasteiger partial charge on any atom is -0.477 e. The van der Waals surface area contributed by atoms with Gasteiger partial charge in [0.15, 0.2) is 0 Å². The highest BCUT2D eigenvalue weighted by atomic mass is 19.4. The lowest BCUT2D eigenvalue weighted by Gasteiger charge is -2.08. The summed E-state index contributed by atoms with van der Waals surface area (Å²) in [6.07, 6.45) is -2.12. The normalized spacial score (nSPS) is 11.5. The number of aromatic nitrogens is 2. The average Bonchev–Trinajstić information content (AvgIpc) is 2.24. The molecule has 0 fully saturated rings. The Kier molecular flexibility index (Phi) is 5.14. The van der Waals surface area contributed by atoms with Crippen molar-refractivity contribution in [1.82, 2.24) is 15.3 Å². The van der Waals surface area contributed by atoms with E-state index in [1.807, 2.05) is 0 Å². The van der Waals surface area contributed by atoms with Gasteiger partial charge in [-0.05, 0) is 13.5 Å². The summed E-state index contributed by atoms with van der Waals surface area (Å²) in [6.45, 7) is 0.518. The zero-order chi connectivity index (χ0) is 12.7. The van der Waals surface area contributed by atoms with E-state index in [0.717, 1.165) is 0 Å². The average molecular weight is 249 g/mol. The van der Waals surface area contributed by atoms with Gasteiger partial charge in [0.25, 0.3) is 0 Å². The fourth-order valence-electron chi connectivity index (χ4n) is 1.17. The summed E-state index contributed by atoms with van der Waals surface area (Å²) in [5, 5.41) is 2.89. The third-order valence-corrected chi connectivity index (χ3v) is 1.87. The van der Waals surface area contributed by atoms with Crippen LogP contribution in [0.3, 0.4) is 0 Å². The van der Waals surface area contributed by atoms with Crippen LogP contribution < -0.4 is 10.1 Å². The van der Waals surface area contributed by atoms with Crippen LogP contribution in [-0.2, 0) is 6.54 Å². The summed E-state index contributed by atoms with van der Waals surface area (Å²) in [7, 11) is 1.76. The Bertz CT molecular complexity index is 344. The highest BCUT2D eigenvalue weighted by molar-refractivity contribution is 5.08. The standard InChI is InChI=1S/C10H14F3N3O/c1-14-5-8-6-15-7-9(16-8)17-4-2-3-10(11,12)13/h6-7,14H,2-5H2,1H3. The molecule has 4 nitrogen and oxygen atoms in total. The Morgan fingerprint density at radius 2 is 2.12 bits per heavy atom. The predicted octanol–water partition coefficient (Wildman–Crippen LogP) is 1.92. The molecule has 7 heteroatoms. The second-order valence-electron chi connectivity index (χ2n) is 3.45. The molecule has 0 atom stereocenters. The van der Waals surface area contributed by atoms with Crippen LogP contribution in [0.2, 0.25) is 0 Å². The van der Waals surface area contributed by atoms with Crippen LogP contribution in [0.25, 0.3) is 0 Å². The molecular weight excluding hydrogens is 235 g/mol. The molecule has 1 rings (SSSR count). The maximum absolute atomic E-state index is 11.9. The van der Waals surface area contributed by atoms with Gasteiger partial charge in [-0.25, -0.2) is 4.98 Å².